The summed E-state index contributed by atoms with van der Waals surface area (Å²) in [5.41, 5.74) is 0. The predicted molar refractivity (Wildman–Crippen MR) is 52.4 cm³/mol. The van der Waals surface area contributed by atoms with Gasteiger partial charge in [-0.1, -0.05) is 11.6 Å². The average molecular weight is 218 g/mol. The van der Waals surface area contributed by atoms with Gasteiger partial charge in [-0.3, -0.25) is 0 Å². The van der Waals surface area contributed by atoms with Crippen LogP contribution in [-0.4, -0.2) is 29.6 Å². The monoisotopic (exact) mass is 217 g/mol. The molecule has 0 aliphatic carbocycles. The molecule has 1 rings (SSSR count). The molecular formula is C9H12ClNO3. The normalized spacial score (nSPS) is 14.9. The Morgan fingerprint density at radius 2 is 2.21 bits per heavy atom. The van der Waals surface area contributed by atoms with Crippen molar-refractivity contribution in [1.82, 2.24) is 4.98 Å². The van der Waals surface area contributed by atoms with E-state index in [1.165, 1.54) is 13.3 Å². The fourth-order valence-electron chi connectivity index (χ4n) is 0.910. The summed E-state index contributed by atoms with van der Waals surface area (Å²) in [5, 5.41) is 9.62. The smallest absolute Gasteiger partial charge is 0.225 e. The highest BCUT2D eigenvalue weighted by Gasteiger charge is 2.15. The molecule has 0 aromatic carbocycles. The summed E-state index contributed by atoms with van der Waals surface area (Å²) in [6.07, 6.45) is 0.0603. The Hall–Kier alpha value is -0.840. The second-order valence-electron chi connectivity index (χ2n) is 2.78. The summed E-state index contributed by atoms with van der Waals surface area (Å²) in [7, 11) is 1.46. The number of rotatable bonds is 4. The van der Waals surface area contributed by atoms with Crippen molar-refractivity contribution in [2.45, 2.75) is 19.3 Å². The molecular weight excluding hydrogens is 206 g/mol. The molecule has 0 spiro atoms. The van der Waals surface area contributed by atoms with Crippen molar-refractivity contribution in [3.63, 3.8) is 0 Å². The third-order valence-electron chi connectivity index (χ3n) is 1.58. The van der Waals surface area contributed by atoms with Gasteiger partial charge in [0.25, 0.3) is 0 Å². The molecule has 0 radical (unpaired) electrons. The zero-order chi connectivity index (χ0) is 10.6. The Morgan fingerprint density at radius 3 is 2.64 bits per heavy atom. The minimum atomic E-state index is -0.712. The first-order chi connectivity index (χ1) is 6.63. The summed E-state index contributed by atoms with van der Waals surface area (Å²) in [5.74, 6) is 0.502. The summed E-state index contributed by atoms with van der Waals surface area (Å²) in [4.78, 5) is 3.83. The van der Waals surface area contributed by atoms with Crippen LogP contribution in [0.5, 0.6) is 5.75 Å². The summed E-state index contributed by atoms with van der Waals surface area (Å²) >= 11 is 5.60. The van der Waals surface area contributed by atoms with E-state index < -0.39 is 12.4 Å². The minimum Gasteiger partial charge on any atom is -0.461 e. The number of aromatic nitrogens is 1. The molecule has 0 saturated carbocycles. The lowest BCUT2D eigenvalue weighted by Crippen LogP contribution is -2.31. The van der Waals surface area contributed by atoms with Crippen LogP contribution >= 0.6 is 11.6 Å². The average Bonchev–Trinajstić information content (AvgIpc) is 2.16. The minimum absolute atomic E-state index is 0.392. The standard InChI is InChI=1S/C9H12ClNO3/c1-6(12)9(13-2)14-7-3-4-8(10)11-5-7/h3-6,9,12H,1-2H3. The zero-order valence-electron chi connectivity index (χ0n) is 7.98. The largest absolute Gasteiger partial charge is 0.461 e. The number of hydrogen-bond donors (Lipinski definition) is 1. The number of nitrogens with zero attached hydrogens (tertiary/aromatic N) is 1. The first kappa shape index (κ1) is 11.2. The van der Waals surface area contributed by atoms with Crippen molar-refractivity contribution in [1.29, 1.82) is 0 Å². The predicted octanol–water partition coefficient (Wildman–Crippen LogP) is 1.47. The van der Waals surface area contributed by atoms with E-state index in [0.29, 0.717) is 10.9 Å². The first-order valence-corrected chi connectivity index (χ1v) is 4.50. The van der Waals surface area contributed by atoms with E-state index in [-0.39, 0.29) is 0 Å². The van der Waals surface area contributed by atoms with Gasteiger partial charge < -0.3 is 14.6 Å². The molecule has 14 heavy (non-hydrogen) atoms. The molecule has 4 nitrogen and oxygen atoms in total. The number of hydrogen-bond acceptors (Lipinski definition) is 4. The Labute approximate surface area is 87.4 Å². The third kappa shape index (κ3) is 3.14. The number of pyridine rings is 1. The van der Waals surface area contributed by atoms with Gasteiger partial charge in [0.1, 0.15) is 17.0 Å². The first-order valence-electron chi connectivity index (χ1n) is 4.12. The number of halogens is 1. The van der Waals surface area contributed by atoms with Crippen molar-refractivity contribution in [2.75, 3.05) is 7.11 Å². The Bertz CT molecular complexity index is 276. The molecule has 0 amide bonds. The molecule has 0 fully saturated rings. The van der Waals surface area contributed by atoms with Gasteiger partial charge in [-0.2, -0.15) is 0 Å². The maximum absolute atomic E-state index is 9.23. The maximum atomic E-state index is 9.23. The van der Waals surface area contributed by atoms with Crippen LogP contribution in [-0.2, 0) is 4.74 Å². The molecule has 5 heteroatoms. The molecule has 0 saturated heterocycles. The van der Waals surface area contributed by atoms with Crippen LogP contribution in [0.4, 0.5) is 0 Å². The fourth-order valence-corrected chi connectivity index (χ4v) is 1.02. The van der Waals surface area contributed by atoms with E-state index in [2.05, 4.69) is 4.98 Å². The number of aliphatic hydroxyl groups is 1. The van der Waals surface area contributed by atoms with Gasteiger partial charge in [-0.15, -0.1) is 0 Å². The second kappa shape index (κ2) is 5.14. The van der Waals surface area contributed by atoms with Crippen molar-refractivity contribution < 1.29 is 14.6 Å². The van der Waals surface area contributed by atoms with Crippen molar-refractivity contribution in [3.05, 3.63) is 23.5 Å². The van der Waals surface area contributed by atoms with Gasteiger partial charge in [0, 0.05) is 7.11 Å². The van der Waals surface area contributed by atoms with E-state index in [4.69, 9.17) is 21.1 Å². The molecule has 2 unspecified atom stereocenters. The van der Waals surface area contributed by atoms with Gasteiger partial charge in [-0.25, -0.2) is 4.98 Å². The van der Waals surface area contributed by atoms with Crippen molar-refractivity contribution in [2.24, 2.45) is 0 Å². The fraction of sp³-hybridized carbons (Fsp3) is 0.444. The van der Waals surface area contributed by atoms with Crippen LogP contribution in [0, 0.1) is 0 Å². The Morgan fingerprint density at radius 1 is 1.50 bits per heavy atom. The molecule has 2 atom stereocenters. The zero-order valence-corrected chi connectivity index (χ0v) is 8.73. The lowest BCUT2D eigenvalue weighted by molar-refractivity contribution is -0.120. The number of ether oxygens (including phenoxy) is 2. The highest BCUT2D eigenvalue weighted by atomic mass is 35.5. The Balaban J connectivity index is 2.63. The van der Waals surface area contributed by atoms with Gasteiger partial charge in [0.05, 0.1) is 6.20 Å². The van der Waals surface area contributed by atoms with E-state index in [0.717, 1.165) is 0 Å². The van der Waals surface area contributed by atoms with E-state index in [1.807, 2.05) is 0 Å². The van der Waals surface area contributed by atoms with Crippen LogP contribution in [0.25, 0.3) is 0 Å². The number of aliphatic hydroxyl groups excluding tert-OH is 1. The lowest BCUT2D eigenvalue weighted by atomic mass is 10.4. The van der Waals surface area contributed by atoms with Gasteiger partial charge in [-0.05, 0) is 19.1 Å². The van der Waals surface area contributed by atoms with Crippen LogP contribution in [0.3, 0.4) is 0 Å². The highest BCUT2D eigenvalue weighted by Crippen LogP contribution is 2.15. The molecule has 1 N–H and O–H groups in total. The molecule has 0 aliphatic rings. The summed E-state index contributed by atoms with van der Waals surface area (Å²) < 4.78 is 10.2. The summed E-state index contributed by atoms with van der Waals surface area (Å²) in [6.45, 7) is 1.58. The maximum Gasteiger partial charge on any atom is 0.225 e. The molecule has 1 aromatic rings. The molecule has 1 heterocycles. The second-order valence-corrected chi connectivity index (χ2v) is 3.17. The van der Waals surface area contributed by atoms with Gasteiger partial charge in [0.15, 0.2) is 0 Å². The quantitative estimate of drug-likeness (QED) is 0.613. The topological polar surface area (TPSA) is 51.6 Å². The lowest BCUT2D eigenvalue weighted by Gasteiger charge is -2.19. The van der Waals surface area contributed by atoms with Gasteiger partial charge in [0.2, 0.25) is 6.29 Å². The van der Waals surface area contributed by atoms with Crippen LogP contribution in [0.2, 0.25) is 5.15 Å². The van der Waals surface area contributed by atoms with E-state index in [9.17, 15) is 5.11 Å². The summed E-state index contributed by atoms with van der Waals surface area (Å²) in [6, 6.07) is 3.26. The molecule has 0 bridgehead atoms. The van der Waals surface area contributed by atoms with Crippen LogP contribution in [0.1, 0.15) is 6.92 Å². The number of methoxy groups -OCH3 is 1. The van der Waals surface area contributed by atoms with Gasteiger partial charge >= 0.3 is 0 Å². The Kier molecular flexibility index (Phi) is 4.13. The SMILES string of the molecule is COC(Oc1ccc(Cl)nc1)C(C)O. The van der Waals surface area contributed by atoms with E-state index >= 15 is 0 Å². The van der Waals surface area contributed by atoms with Crippen molar-refractivity contribution in [3.8, 4) is 5.75 Å². The highest BCUT2D eigenvalue weighted by molar-refractivity contribution is 6.29. The molecule has 0 aliphatic heterocycles. The van der Waals surface area contributed by atoms with Crippen LogP contribution < -0.4 is 4.74 Å². The third-order valence-corrected chi connectivity index (χ3v) is 1.80. The molecule has 78 valence electrons. The van der Waals surface area contributed by atoms with E-state index in [1.54, 1.807) is 19.1 Å². The van der Waals surface area contributed by atoms with Crippen LogP contribution in [0.15, 0.2) is 18.3 Å². The van der Waals surface area contributed by atoms with Crippen molar-refractivity contribution >= 4 is 11.6 Å². The molecule has 1 aromatic heterocycles.